The van der Waals surface area contributed by atoms with Crippen LogP contribution in [0, 0.1) is 23.2 Å². The molecule has 0 bridgehead atoms. The topological polar surface area (TPSA) is 15.3 Å². The predicted molar refractivity (Wildman–Crippen MR) is 88.0 cm³/mol. The Labute approximate surface area is 126 Å². The van der Waals surface area contributed by atoms with Gasteiger partial charge in [0.2, 0.25) is 0 Å². The molecule has 3 atom stereocenters. The van der Waals surface area contributed by atoms with Gasteiger partial charge < -0.3 is 10.2 Å². The fraction of sp³-hybridized carbons (Fsp3) is 1.00. The Kier molecular flexibility index (Phi) is 5.53. The standard InChI is InChI=1S/C18H36N2/c1-6-19-17-8-7-15(14(2)3)11-16(17)12-20-10-9-18(4,5)13-20/h14-17,19H,6-13H2,1-5H3. The molecule has 2 rings (SSSR count). The molecule has 2 aliphatic rings. The van der Waals surface area contributed by atoms with Gasteiger partial charge in [-0.2, -0.15) is 0 Å². The molecule has 1 aliphatic carbocycles. The highest BCUT2D eigenvalue weighted by Crippen LogP contribution is 2.36. The molecule has 2 fully saturated rings. The molecule has 0 amide bonds. The lowest BCUT2D eigenvalue weighted by Crippen LogP contribution is -2.46. The minimum atomic E-state index is 0.541. The van der Waals surface area contributed by atoms with Crippen molar-refractivity contribution in [1.82, 2.24) is 10.2 Å². The molecule has 1 saturated heterocycles. The van der Waals surface area contributed by atoms with E-state index in [0.717, 1.165) is 30.3 Å². The lowest BCUT2D eigenvalue weighted by atomic mass is 9.73. The molecular weight excluding hydrogens is 244 g/mol. The smallest absolute Gasteiger partial charge is 0.0108 e. The second-order valence-electron chi connectivity index (χ2n) is 8.39. The van der Waals surface area contributed by atoms with Crippen LogP contribution in [0.5, 0.6) is 0 Å². The fourth-order valence-electron chi connectivity index (χ4n) is 4.35. The van der Waals surface area contributed by atoms with Crippen molar-refractivity contribution in [2.75, 3.05) is 26.2 Å². The van der Waals surface area contributed by atoms with Crippen LogP contribution < -0.4 is 5.32 Å². The molecule has 0 aromatic rings. The second kappa shape index (κ2) is 6.79. The van der Waals surface area contributed by atoms with Crippen LogP contribution in [-0.2, 0) is 0 Å². The Morgan fingerprint density at radius 1 is 1.25 bits per heavy atom. The van der Waals surface area contributed by atoms with E-state index in [-0.39, 0.29) is 0 Å². The molecule has 0 aromatic carbocycles. The van der Waals surface area contributed by atoms with Crippen LogP contribution in [0.15, 0.2) is 0 Å². The molecule has 2 nitrogen and oxygen atoms in total. The molecule has 1 saturated carbocycles. The Bertz CT molecular complexity index is 298. The third-order valence-electron chi connectivity index (χ3n) is 5.68. The van der Waals surface area contributed by atoms with E-state index in [2.05, 4.69) is 44.8 Å². The zero-order chi connectivity index (χ0) is 14.8. The van der Waals surface area contributed by atoms with Gasteiger partial charge >= 0.3 is 0 Å². The molecule has 1 heterocycles. The van der Waals surface area contributed by atoms with Crippen LogP contribution in [0.1, 0.15) is 60.3 Å². The van der Waals surface area contributed by atoms with Gasteiger partial charge in [0.05, 0.1) is 0 Å². The fourth-order valence-corrected chi connectivity index (χ4v) is 4.35. The molecule has 1 aliphatic heterocycles. The predicted octanol–water partition coefficient (Wildman–Crippen LogP) is 3.77. The average Bonchev–Trinajstić information content (AvgIpc) is 2.71. The minimum Gasteiger partial charge on any atom is -0.314 e. The van der Waals surface area contributed by atoms with Gasteiger partial charge in [-0.3, -0.25) is 0 Å². The van der Waals surface area contributed by atoms with Gasteiger partial charge in [-0.1, -0.05) is 34.6 Å². The summed E-state index contributed by atoms with van der Waals surface area (Å²) in [7, 11) is 0. The van der Waals surface area contributed by atoms with E-state index < -0.39 is 0 Å². The van der Waals surface area contributed by atoms with E-state index in [9.17, 15) is 0 Å². The first-order chi connectivity index (χ1) is 9.41. The largest absolute Gasteiger partial charge is 0.314 e. The van der Waals surface area contributed by atoms with Crippen molar-refractivity contribution in [2.24, 2.45) is 23.2 Å². The number of rotatable bonds is 5. The normalized spacial score (nSPS) is 34.8. The summed E-state index contributed by atoms with van der Waals surface area (Å²) in [5.41, 5.74) is 0.541. The molecule has 0 aromatic heterocycles. The molecule has 2 heteroatoms. The van der Waals surface area contributed by atoms with Crippen LogP contribution in [-0.4, -0.2) is 37.1 Å². The van der Waals surface area contributed by atoms with Crippen LogP contribution in [0.3, 0.4) is 0 Å². The molecule has 0 radical (unpaired) electrons. The van der Waals surface area contributed by atoms with E-state index in [0.29, 0.717) is 5.41 Å². The van der Waals surface area contributed by atoms with Crippen LogP contribution in [0.25, 0.3) is 0 Å². The minimum absolute atomic E-state index is 0.541. The first kappa shape index (κ1) is 16.3. The summed E-state index contributed by atoms with van der Waals surface area (Å²) < 4.78 is 0. The zero-order valence-corrected chi connectivity index (χ0v) is 14.4. The Morgan fingerprint density at radius 2 is 2.00 bits per heavy atom. The highest BCUT2D eigenvalue weighted by atomic mass is 15.2. The second-order valence-corrected chi connectivity index (χ2v) is 8.39. The number of hydrogen-bond acceptors (Lipinski definition) is 2. The van der Waals surface area contributed by atoms with Gasteiger partial charge in [0, 0.05) is 19.1 Å². The van der Waals surface area contributed by atoms with Crippen molar-refractivity contribution in [2.45, 2.75) is 66.3 Å². The molecule has 118 valence electrons. The Balaban J connectivity index is 1.93. The molecule has 0 spiro atoms. The van der Waals surface area contributed by atoms with Gasteiger partial charge in [-0.15, -0.1) is 0 Å². The number of hydrogen-bond donors (Lipinski definition) is 1. The van der Waals surface area contributed by atoms with E-state index in [1.807, 2.05) is 0 Å². The number of nitrogens with zero attached hydrogens (tertiary/aromatic N) is 1. The summed E-state index contributed by atoms with van der Waals surface area (Å²) in [4.78, 5) is 2.73. The summed E-state index contributed by atoms with van der Waals surface area (Å²) in [6.45, 7) is 17.0. The van der Waals surface area contributed by atoms with Crippen LogP contribution in [0.4, 0.5) is 0 Å². The van der Waals surface area contributed by atoms with E-state index >= 15 is 0 Å². The van der Waals surface area contributed by atoms with Gasteiger partial charge in [-0.25, -0.2) is 0 Å². The van der Waals surface area contributed by atoms with Crippen molar-refractivity contribution in [3.05, 3.63) is 0 Å². The molecular formula is C18H36N2. The average molecular weight is 280 g/mol. The quantitative estimate of drug-likeness (QED) is 0.824. The van der Waals surface area contributed by atoms with Gasteiger partial charge in [0.15, 0.2) is 0 Å². The van der Waals surface area contributed by atoms with Crippen LogP contribution in [0.2, 0.25) is 0 Å². The number of likely N-dealkylation sites (tertiary alicyclic amines) is 1. The molecule has 1 N–H and O–H groups in total. The summed E-state index contributed by atoms with van der Waals surface area (Å²) in [6.07, 6.45) is 5.63. The third-order valence-corrected chi connectivity index (χ3v) is 5.68. The van der Waals surface area contributed by atoms with Crippen molar-refractivity contribution < 1.29 is 0 Å². The van der Waals surface area contributed by atoms with E-state index in [4.69, 9.17) is 0 Å². The lowest BCUT2D eigenvalue weighted by Gasteiger charge is -2.40. The van der Waals surface area contributed by atoms with Crippen molar-refractivity contribution in [3.63, 3.8) is 0 Å². The van der Waals surface area contributed by atoms with Gasteiger partial charge in [-0.05, 0) is 61.9 Å². The Hall–Kier alpha value is -0.0800. The maximum absolute atomic E-state index is 3.76. The third kappa shape index (κ3) is 4.21. The SMILES string of the molecule is CCNC1CCC(C(C)C)CC1CN1CCC(C)(C)C1. The first-order valence-corrected chi connectivity index (χ1v) is 8.87. The summed E-state index contributed by atoms with van der Waals surface area (Å²) in [5.74, 6) is 2.67. The first-order valence-electron chi connectivity index (χ1n) is 8.87. The summed E-state index contributed by atoms with van der Waals surface area (Å²) in [6, 6.07) is 0.763. The molecule has 3 unspecified atom stereocenters. The summed E-state index contributed by atoms with van der Waals surface area (Å²) in [5, 5.41) is 3.76. The van der Waals surface area contributed by atoms with Crippen LogP contribution >= 0.6 is 0 Å². The zero-order valence-electron chi connectivity index (χ0n) is 14.4. The van der Waals surface area contributed by atoms with Crippen molar-refractivity contribution in [1.29, 1.82) is 0 Å². The maximum atomic E-state index is 3.76. The Morgan fingerprint density at radius 3 is 2.55 bits per heavy atom. The maximum Gasteiger partial charge on any atom is 0.0108 e. The van der Waals surface area contributed by atoms with Crippen molar-refractivity contribution >= 4 is 0 Å². The van der Waals surface area contributed by atoms with E-state index in [1.165, 1.54) is 45.3 Å². The molecule has 20 heavy (non-hydrogen) atoms. The van der Waals surface area contributed by atoms with Gasteiger partial charge in [0.25, 0.3) is 0 Å². The van der Waals surface area contributed by atoms with Gasteiger partial charge in [0.1, 0.15) is 0 Å². The van der Waals surface area contributed by atoms with E-state index in [1.54, 1.807) is 0 Å². The monoisotopic (exact) mass is 280 g/mol. The lowest BCUT2D eigenvalue weighted by molar-refractivity contribution is 0.128. The highest BCUT2D eigenvalue weighted by molar-refractivity contribution is 4.90. The summed E-state index contributed by atoms with van der Waals surface area (Å²) >= 11 is 0. The number of nitrogens with one attached hydrogen (secondary N) is 1. The van der Waals surface area contributed by atoms with Crippen molar-refractivity contribution in [3.8, 4) is 0 Å². The highest BCUT2D eigenvalue weighted by Gasteiger charge is 2.35.